The van der Waals surface area contributed by atoms with Gasteiger partial charge >= 0.3 is 6.43 Å². The SMILES string of the molecule is F[C](F)CC(F)(F)C=C(F)F. The van der Waals surface area contributed by atoms with Crippen molar-refractivity contribution in [1.82, 2.24) is 0 Å². The van der Waals surface area contributed by atoms with Crippen LogP contribution in [-0.4, -0.2) is 5.92 Å². The molecule has 0 bridgehead atoms. The zero-order valence-electron chi connectivity index (χ0n) is 5.05. The predicted octanol–water partition coefficient (Wildman–Crippen LogP) is 3.22. The van der Waals surface area contributed by atoms with Crippen molar-refractivity contribution in [3.63, 3.8) is 0 Å². The number of hydrogen-bond donors (Lipinski definition) is 0. The summed E-state index contributed by atoms with van der Waals surface area (Å²) in [5.41, 5.74) is 0. The lowest BCUT2D eigenvalue weighted by atomic mass is 10.2. The summed E-state index contributed by atoms with van der Waals surface area (Å²) in [5, 5.41) is 0. The van der Waals surface area contributed by atoms with E-state index in [1.807, 2.05) is 0 Å². The molecule has 0 spiro atoms. The molecule has 0 saturated carbocycles. The lowest BCUT2D eigenvalue weighted by molar-refractivity contribution is 0.0198. The normalized spacial score (nSPS) is 11.9. The van der Waals surface area contributed by atoms with Gasteiger partial charge < -0.3 is 0 Å². The van der Waals surface area contributed by atoms with E-state index in [2.05, 4.69) is 0 Å². The number of allylic oxidation sites excluding steroid dienone is 1. The van der Waals surface area contributed by atoms with Gasteiger partial charge in [-0.3, -0.25) is 0 Å². The van der Waals surface area contributed by atoms with Crippen LogP contribution < -0.4 is 0 Å². The Hall–Kier alpha value is -0.680. The molecule has 0 atom stereocenters. The minimum atomic E-state index is -4.16. The molecule has 0 aliphatic heterocycles. The first-order chi connectivity index (χ1) is 4.83. The highest BCUT2D eigenvalue weighted by Crippen LogP contribution is 2.29. The topological polar surface area (TPSA) is 0 Å². The lowest BCUT2D eigenvalue weighted by Gasteiger charge is -2.07. The summed E-state index contributed by atoms with van der Waals surface area (Å²) in [5.74, 6) is -4.16. The standard InChI is InChI=1S/C5H3F6/c6-3(7)1-5(10,11)2-4(8)9/h1H,2H2. The van der Waals surface area contributed by atoms with Gasteiger partial charge in [-0.15, -0.1) is 0 Å². The van der Waals surface area contributed by atoms with Crippen LogP contribution >= 0.6 is 0 Å². The Morgan fingerprint density at radius 2 is 1.55 bits per heavy atom. The van der Waals surface area contributed by atoms with E-state index in [0.717, 1.165) is 0 Å². The van der Waals surface area contributed by atoms with Crippen LogP contribution in [0, 0.1) is 6.43 Å². The molecule has 65 valence electrons. The summed E-state index contributed by atoms with van der Waals surface area (Å²) in [4.78, 5) is 0. The monoisotopic (exact) mass is 177 g/mol. The first kappa shape index (κ1) is 10.3. The third-order valence-corrected chi connectivity index (χ3v) is 0.690. The Bertz CT molecular complexity index is 145. The molecule has 0 aliphatic carbocycles. The third-order valence-electron chi connectivity index (χ3n) is 0.690. The van der Waals surface area contributed by atoms with Crippen LogP contribution in [0.4, 0.5) is 26.3 Å². The van der Waals surface area contributed by atoms with Crippen molar-refractivity contribution in [3.8, 4) is 0 Å². The number of hydrogen-bond acceptors (Lipinski definition) is 0. The Morgan fingerprint density at radius 1 is 1.09 bits per heavy atom. The second-order valence-corrected chi connectivity index (χ2v) is 1.71. The molecule has 0 fully saturated rings. The highest BCUT2D eigenvalue weighted by molar-refractivity contribution is 4.97. The van der Waals surface area contributed by atoms with Crippen LogP contribution in [0.25, 0.3) is 0 Å². The molecule has 0 nitrogen and oxygen atoms in total. The smallest absolute Gasteiger partial charge is 0.202 e. The molecular weight excluding hydrogens is 174 g/mol. The summed E-state index contributed by atoms with van der Waals surface area (Å²) in [7, 11) is 0. The van der Waals surface area contributed by atoms with Gasteiger partial charge in [0.2, 0.25) is 0 Å². The van der Waals surface area contributed by atoms with Crippen molar-refractivity contribution in [2.24, 2.45) is 0 Å². The van der Waals surface area contributed by atoms with Crippen molar-refractivity contribution < 1.29 is 26.3 Å². The van der Waals surface area contributed by atoms with Gasteiger partial charge in [-0.1, -0.05) is 0 Å². The van der Waals surface area contributed by atoms with E-state index in [1.54, 1.807) is 0 Å². The molecule has 0 amide bonds. The van der Waals surface area contributed by atoms with Crippen molar-refractivity contribution >= 4 is 0 Å². The van der Waals surface area contributed by atoms with E-state index in [1.165, 1.54) is 0 Å². The fraction of sp³-hybridized carbons (Fsp3) is 0.400. The Kier molecular flexibility index (Phi) is 3.41. The molecule has 0 aliphatic rings. The molecule has 0 aromatic carbocycles. The van der Waals surface area contributed by atoms with Crippen LogP contribution in [0.2, 0.25) is 0 Å². The van der Waals surface area contributed by atoms with Crippen molar-refractivity contribution in [1.29, 1.82) is 0 Å². The van der Waals surface area contributed by atoms with Crippen LogP contribution in [0.5, 0.6) is 0 Å². The van der Waals surface area contributed by atoms with Crippen molar-refractivity contribution in [2.75, 3.05) is 0 Å². The summed E-state index contributed by atoms with van der Waals surface area (Å²) in [6.07, 6.45) is -8.00. The molecule has 0 heterocycles. The van der Waals surface area contributed by atoms with Crippen LogP contribution in [0.3, 0.4) is 0 Å². The zero-order chi connectivity index (χ0) is 9.07. The van der Waals surface area contributed by atoms with E-state index in [0.29, 0.717) is 0 Å². The van der Waals surface area contributed by atoms with Crippen molar-refractivity contribution in [2.45, 2.75) is 12.3 Å². The second-order valence-electron chi connectivity index (χ2n) is 1.71. The average molecular weight is 177 g/mol. The Balaban J connectivity index is 4.11. The summed E-state index contributed by atoms with van der Waals surface area (Å²) >= 11 is 0. The molecule has 0 unspecified atom stereocenters. The quantitative estimate of drug-likeness (QED) is 0.580. The maximum atomic E-state index is 11.9. The van der Waals surface area contributed by atoms with Gasteiger partial charge in [0.15, 0.2) is 0 Å². The van der Waals surface area contributed by atoms with E-state index < -0.39 is 30.9 Å². The molecule has 11 heavy (non-hydrogen) atoms. The molecule has 0 aromatic rings. The lowest BCUT2D eigenvalue weighted by Crippen LogP contribution is -2.13. The molecule has 0 aromatic heterocycles. The summed E-state index contributed by atoms with van der Waals surface area (Å²) in [6, 6.07) is 0. The summed E-state index contributed by atoms with van der Waals surface area (Å²) in [6.45, 7) is 0. The molecular formula is C5H3F6. The van der Waals surface area contributed by atoms with Crippen molar-refractivity contribution in [3.05, 3.63) is 18.6 Å². The Morgan fingerprint density at radius 3 is 1.82 bits per heavy atom. The maximum absolute atomic E-state index is 11.9. The van der Waals surface area contributed by atoms with Gasteiger partial charge in [-0.2, -0.15) is 17.6 Å². The van der Waals surface area contributed by atoms with Crippen LogP contribution in [-0.2, 0) is 0 Å². The fourth-order valence-electron chi connectivity index (χ4n) is 0.389. The number of rotatable bonds is 3. The number of halogens is 6. The van der Waals surface area contributed by atoms with E-state index in [4.69, 9.17) is 0 Å². The van der Waals surface area contributed by atoms with Gasteiger partial charge in [-0.25, -0.2) is 8.78 Å². The maximum Gasteiger partial charge on any atom is 0.316 e. The van der Waals surface area contributed by atoms with Crippen LogP contribution in [0.15, 0.2) is 12.2 Å². The third kappa shape index (κ3) is 5.75. The molecule has 6 heteroatoms. The van der Waals surface area contributed by atoms with Gasteiger partial charge in [0.1, 0.15) is 0 Å². The van der Waals surface area contributed by atoms with E-state index in [-0.39, 0.29) is 0 Å². The molecule has 1 radical (unpaired) electrons. The van der Waals surface area contributed by atoms with Gasteiger partial charge in [0.25, 0.3) is 12.0 Å². The first-order valence-electron chi connectivity index (χ1n) is 2.42. The molecule has 0 rings (SSSR count). The largest absolute Gasteiger partial charge is 0.316 e. The first-order valence-corrected chi connectivity index (χ1v) is 2.42. The van der Waals surface area contributed by atoms with Gasteiger partial charge in [0, 0.05) is 6.08 Å². The fourth-order valence-corrected chi connectivity index (χ4v) is 0.389. The van der Waals surface area contributed by atoms with Gasteiger partial charge in [-0.05, 0) is 0 Å². The van der Waals surface area contributed by atoms with E-state index in [9.17, 15) is 26.3 Å². The van der Waals surface area contributed by atoms with Crippen LogP contribution in [0.1, 0.15) is 6.42 Å². The zero-order valence-corrected chi connectivity index (χ0v) is 5.05. The minimum absolute atomic E-state index is 0.799. The average Bonchev–Trinajstić information content (AvgIpc) is 1.53. The molecule has 0 N–H and O–H groups in total. The minimum Gasteiger partial charge on any atom is -0.202 e. The molecule has 0 saturated heterocycles. The van der Waals surface area contributed by atoms with Gasteiger partial charge in [0.05, 0.1) is 6.42 Å². The number of alkyl halides is 2. The van der Waals surface area contributed by atoms with E-state index >= 15 is 0 Å². The Labute approximate surface area is 58.5 Å². The highest BCUT2D eigenvalue weighted by atomic mass is 19.3. The summed E-state index contributed by atoms with van der Waals surface area (Å²) < 4.78 is 68.2. The second kappa shape index (κ2) is 3.64. The highest BCUT2D eigenvalue weighted by Gasteiger charge is 2.32. The predicted molar refractivity (Wildman–Crippen MR) is 25.3 cm³/mol.